The molecule has 2 N–H and O–H groups in total. The van der Waals surface area contributed by atoms with E-state index in [1.54, 1.807) is 0 Å². The summed E-state index contributed by atoms with van der Waals surface area (Å²) >= 11 is 0. The van der Waals surface area contributed by atoms with Gasteiger partial charge in [0.05, 0.1) is 0 Å². The summed E-state index contributed by atoms with van der Waals surface area (Å²) in [7, 11) is 0. The lowest BCUT2D eigenvalue weighted by Gasteiger charge is -2.23. The summed E-state index contributed by atoms with van der Waals surface area (Å²) in [5.74, 6) is -0.543. The summed E-state index contributed by atoms with van der Waals surface area (Å²) in [6, 6.07) is 8.52. The number of hydrogen-bond donors (Lipinski definition) is 2. The smallest absolute Gasteiger partial charge is 0.331 e. The summed E-state index contributed by atoms with van der Waals surface area (Å²) in [6.07, 6.45) is 3.48. The van der Waals surface area contributed by atoms with E-state index in [-0.39, 0.29) is 5.92 Å². The van der Waals surface area contributed by atoms with Crippen LogP contribution >= 0.6 is 0 Å². The molecule has 0 bridgehead atoms. The monoisotopic (exact) mass is 215 g/mol. The highest BCUT2D eigenvalue weighted by Gasteiger charge is 2.34. The van der Waals surface area contributed by atoms with Crippen molar-refractivity contribution in [3.63, 3.8) is 0 Å². The number of fused-ring (bicyclic) bond motifs is 3. The van der Waals surface area contributed by atoms with Crippen molar-refractivity contribution in [2.45, 2.75) is 24.8 Å². The normalized spacial score (nSPS) is 26.4. The number of carboxylic acid groups (broad SMARTS) is 1. The van der Waals surface area contributed by atoms with Crippen molar-refractivity contribution in [3.8, 4) is 0 Å². The molecule has 2 aliphatic rings. The molecule has 0 aromatic heterocycles. The molecule has 1 aliphatic heterocycles. The second-order valence-electron chi connectivity index (χ2n) is 4.40. The number of para-hydroxylation sites is 1. The van der Waals surface area contributed by atoms with Gasteiger partial charge < -0.3 is 10.4 Å². The van der Waals surface area contributed by atoms with E-state index in [0.29, 0.717) is 18.0 Å². The van der Waals surface area contributed by atoms with Gasteiger partial charge in [-0.2, -0.15) is 0 Å². The average Bonchev–Trinajstić information content (AvgIpc) is 2.66. The van der Waals surface area contributed by atoms with Crippen molar-refractivity contribution < 1.29 is 9.90 Å². The molecule has 2 atom stereocenters. The number of hydrogen-bond acceptors (Lipinski definition) is 2. The number of nitrogens with one attached hydrogen (secondary N) is 1. The summed E-state index contributed by atoms with van der Waals surface area (Å²) < 4.78 is 0. The van der Waals surface area contributed by atoms with Crippen molar-refractivity contribution in [2.24, 2.45) is 0 Å². The molecule has 16 heavy (non-hydrogen) atoms. The van der Waals surface area contributed by atoms with Gasteiger partial charge in [-0.25, -0.2) is 4.79 Å². The Labute approximate surface area is 93.8 Å². The first-order valence-electron chi connectivity index (χ1n) is 5.55. The molecule has 3 rings (SSSR count). The van der Waals surface area contributed by atoms with Crippen LogP contribution in [0.1, 0.15) is 24.3 Å². The van der Waals surface area contributed by atoms with Crippen molar-refractivity contribution in [3.05, 3.63) is 41.5 Å². The largest absolute Gasteiger partial charge is 0.478 e. The molecule has 0 radical (unpaired) electrons. The maximum Gasteiger partial charge on any atom is 0.331 e. The Bertz CT molecular complexity index is 479. The molecule has 3 nitrogen and oxygen atoms in total. The van der Waals surface area contributed by atoms with Crippen LogP contribution in [0, 0.1) is 0 Å². The highest BCUT2D eigenvalue weighted by molar-refractivity contribution is 5.87. The summed E-state index contributed by atoms with van der Waals surface area (Å²) in [6.45, 7) is 0. The van der Waals surface area contributed by atoms with Gasteiger partial charge in [0.1, 0.15) is 0 Å². The van der Waals surface area contributed by atoms with Gasteiger partial charge in [0.2, 0.25) is 0 Å². The Kier molecular flexibility index (Phi) is 1.99. The molecule has 1 aliphatic carbocycles. The van der Waals surface area contributed by atoms with Crippen LogP contribution < -0.4 is 5.32 Å². The van der Waals surface area contributed by atoms with Crippen LogP contribution in [0.15, 0.2) is 35.9 Å². The van der Waals surface area contributed by atoms with E-state index in [0.717, 1.165) is 12.1 Å². The lowest BCUT2D eigenvalue weighted by atomic mass is 9.84. The molecule has 0 amide bonds. The fraction of sp³-hybridized carbons (Fsp3) is 0.308. The first kappa shape index (κ1) is 9.46. The third kappa shape index (κ3) is 1.32. The minimum atomic E-state index is -0.775. The minimum absolute atomic E-state index is 0.232. The average molecular weight is 215 g/mol. The van der Waals surface area contributed by atoms with Gasteiger partial charge in [-0.3, -0.25) is 0 Å². The fourth-order valence-corrected chi connectivity index (χ4v) is 2.67. The van der Waals surface area contributed by atoms with Crippen LogP contribution in [0.25, 0.3) is 0 Å². The second kappa shape index (κ2) is 3.37. The molecule has 0 fully saturated rings. The molecule has 0 spiro atoms. The van der Waals surface area contributed by atoms with E-state index < -0.39 is 5.97 Å². The maximum atomic E-state index is 11.0. The third-order valence-electron chi connectivity index (χ3n) is 3.47. The van der Waals surface area contributed by atoms with E-state index >= 15 is 0 Å². The zero-order chi connectivity index (χ0) is 11.1. The SMILES string of the molecule is O=C(O)C1=CC2c3ccccc3NC2CC1. The standard InChI is InChI=1S/C13H13NO2/c15-13(16)8-5-6-12-10(7-8)9-3-1-2-4-11(9)14-12/h1-4,7,10,12,14H,5-6H2,(H,15,16). The van der Waals surface area contributed by atoms with Crippen molar-refractivity contribution in [1.29, 1.82) is 0 Å². The fourth-order valence-electron chi connectivity index (χ4n) is 2.67. The Morgan fingerprint density at radius 1 is 1.38 bits per heavy atom. The van der Waals surface area contributed by atoms with E-state index in [1.807, 2.05) is 18.2 Å². The molecule has 0 saturated heterocycles. The molecular formula is C13H13NO2. The van der Waals surface area contributed by atoms with Crippen LogP contribution in [-0.4, -0.2) is 17.1 Å². The predicted molar refractivity (Wildman–Crippen MR) is 61.5 cm³/mol. The number of carbonyl (C=O) groups is 1. The van der Waals surface area contributed by atoms with Crippen LogP contribution in [0.3, 0.4) is 0 Å². The van der Waals surface area contributed by atoms with E-state index in [2.05, 4.69) is 17.4 Å². The molecule has 3 heteroatoms. The first-order chi connectivity index (χ1) is 7.75. The predicted octanol–water partition coefficient (Wildman–Crippen LogP) is 2.37. The Morgan fingerprint density at radius 3 is 3.00 bits per heavy atom. The summed E-state index contributed by atoms with van der Waals surface area (Å²) in [5.41, 5.74) is 2.94. The highest BCUT2D eigenvalue weighted by atomic mass is 16.4. The van der Waals surface area contributed by atoms with Crippen LogP contribution in [0.4, 0.5) is 5.69 Å². The lowest BCUT2D eigenvalue weighted by molar-refractivity contribution is -0.132. The Balaban J connectivity index is 2.02. The van der Waals surface area contributed by atoms with E-state index in [1.165, 1.54) is 5.56 Å². The Morgan fingerprint density at radius 2 is 2.19 bits per heavy atom. The van der Waals surface area contributed by atoms with Gasteiger partial charge in [0, 0.05) is 23.2 Å². The van der Waals surface area contributed by atoms with Gasteiger partial charge in [-0.1, -0.05) is 24.3 Å². The van der Waals surface area contributed by atoms with Gasteiger partial charge in [0.25, 0.3) is 0 Å². The Hall–Kier alpha value is -1.77. The van der Waals surface area contributed by atoms with Gasteiger partial charge in [-0.15, -0.1) is 0 Å². The number of benzene rings is 1. The highest BCUT2D eigenvalue weighted by Crippen LogP contribution is 2.42. The number of aliphatic carboxylic acids is 1. The molecule has 1 heterocycles. The number of anilines is 1. The van der Waals surface area contributed by atoms with E-state index in [4.69, 9.17) is 5.11 Å². The van der Waals surface area contributed by atoms with Crippen LogP contribution in [0.5, 0.6) is 0 Å². The third-order valence-corrected chi connectivity index (χ3v) is 3.47. The summed E-state index contributed by atoms with van der Waals surface area (Å²) in [5, 5.41) is 12.5. The van der Waals surface area contributed by atoms with Gasteiger partial charge >= 0.3 is 5.97 Å². The zero-order valence-electron chi connectivity index (χ0n) is 8.81. The summed E-state index contributed by atoms with van der Waals surface area (Å²) in [4.78, 5) is 11.0. The van der Waals surface area contributed by atoms with E-state index in [9.17, 15) is 4.79 Å². The van der Waals surface area contributed by atoms with Crippen molar-refractivity contribution in [1.82, 2.24) is 0 Å². The van der Waals surface area contributed by atoms with Crippen LogP contribution in [-0.2, 0) is 4.79 Å². The zero-order valence-corrected chi connectivity index (χ0v) is 8.81. The van der Waals surface area contributed by atoms with Crippen LogP contribution in [0.2, 0.25) is 0 Å². The van der Waals surface area contributed by atoms with Gasteiger partial charge in [-0.05, 0) is 24.5 Å². The number of carboxylic acids is 1. The molecule has 1 aromatic carbocycles. The lowest BCUT2D eigenvalue weighted by Crippen LogP contribution is -2.24. The second-order valence-corrected chi connectivity index (χ2v) is 4.40. The molecule has 1 aromatic rings. The minimum Gasteiger partial charge on any atom is -0.478 e. The quantitative estimate of drug-likeness (QED) is 0.756. The number of rotatable bonds is 1. The molecule has 2 unspecified atom stereocenters. The topological polar surface area (TPSA) is 49.3 Å². The maximum absolute atomic E-state index is 11.0. The first-order valence-corrected chi connectivity index (χ1v) is 5.55. The molecular weight excluding hydrogens is 202 g/mol. The van der Waals surface area contributed by atoms with Crippen molar-refractivity contribution >= 4 is 11.7 Å². The molecule has 0 saturated carbocycles. The molecule has 82 valence electrons. The van der Waals surface area contributed by atoms with Crippen molar-refractivity contribution in [2.75, 3.05) is 5.32 Å². The van der Waals surface area contributed by atoms with Gasteiger partial charge in [0.15, 0.2) is 0 Å².